The Hall–Kier alpha value is -3.14. The number of halogens is 1. The van der Waals surface area contributed by atoms with Crippen LogP contribution in [0.4, 0.5) is 4.39 Å². The van der Waals surface area contributed by atoms with Crippen molar-refractivity contribution in [2.24, 2.45) is 0 Å². The molecule has 0 aliphatic carbocycles. The fourth-order valence-corrected chi connectivity index (χ4v) is 4.79. The number of rotatable bonds is 19. The van der Waals surface area contributed by atoms with Gasteiger partial charge in [0.25, 0.3) is 0 Å². The lowest BCUT2D eigenvalue weighted by molar-refractivity contribution is 0.0730. The fraction of sp³-hybridized carbons (Fsp3) is 0.457. The van der Waals surface area contributed by atoms with E-state index < -0.39 is 5.97 Å². The summed E-state index contributed by atoms with van der Waals surface area (Å²) in [5.74, 6) is 0.245. The maximum atomic E-state index is 13.5. The first-order valence-electron chi connectivity index (χ1n) is 15.0. The highest BCUT2D eigenvalue weighted by atomic mass is 19.1. The van der Waals surface area contributed by atoms with Crippen LogP contribution < -0.4 is 9.47 Å². The Bertz CT molecular complexity index is 1090. The quantitative estimate of drug-likeness (QED) is 0.0875. The van der Waals surface area contributed by atoms with Crippen molar-refractivity contribution >= 4 is 5.97 Å². The van der Waals surface area contributed by atoms with Gasteiger partial charge < -0.3 is 9.47 Å². The molecular weight excluding hydrogens is 487 g/mol. The lowest BCUT2D eigenvalue weighted by Crippen LogP contribution is -2.11. The molecule has 0 aliphatic rings. The van der Waals surface area contributed by atoms with Gasteiger partial charge in [-0.15, -0.1) is 0 Å². The highest BCUT2D eigenvalue weighted by Gasteiger charge is 2.15. The van der Waals surface area contributed by atoms with E-state index in [4.69, 9.17) is 9.47 Å². The first kappa shape index (κ1) is 30.4. The minimum Gasteiger partial charge on any atom is -0.493 e. The molecule has 0 spiro atoms. The molecule has 0 aromatic heterocycles. The van der Waals surface area contributed by atoms with Crippen LogP contribution in [0, 0.1) is 5.82 Å². The summed E-state index contributed by atoms with van der Waals surface area (Å²) >= 11 is 0. The van der Waals surface area contributed by atoms with Crippen LogP contribution in [0.25, 0.3) is 11.1 Å². The summed E-state index contributed by atoms with van der Waals surface area (Å²) in [5, 5.41) is 0. The van der Waals surface area contributed by atoms with Crippen molar-refractivity contribution in [3.05, 3.63) is 84.2 Å². The van der Waals surface area contributed by atoms with E-state index >= 15 is 0 Å². The molecule has 3 rings (SSSR count). The Morgan fingerprint density at radius 1 is 0.641 bits per heavy atom. The van der Waals surface area contributed by atoms with Crippen LogP contribution in [-0.2, 0) is 0 Å². The first-order valence-corrected chi connectivity index (χ1v) is 15.0. The Labute approximate surface area is 234 Å². The zero-order chi connectivity index (χ0) is 27.5. The van der Waals surface area contributed by atoms with Crippen LogP contribution in [-0.4, -0.2) is 12.6 Å². The van der Waals surface area contributed by atoms with E-state index in [-0.39, 0.29) is 5.82 Å². The van der Waals surface area contributed by atoms with Crippen molar-refractivity contribution in [3.63, 3.8) is 0 Å². The smallest absolute Gasteiger partial charge is 0.347 e. The summed E-state index contributed by atoms with van der Waals surface area (Å²) in [6.45, 7) is 2.86. The summed E-state index contributed by atoms with van der Waals surface area (Å²) in [5.41, 5.74) is 2.04. The number of carbonyl (C=O) groups is 1. The fourth-order valence-electron chi connectivity index (χ4n) is 4.79. The molecular formula is C35H45FO3. The molecule has 0 N–H and O–H groups in total. The van der Waals surface area contributed by atoms with Gasteiger partial charge in [-0.05, 0) is 53.9 Å². The maximum Gasteiger partial charge on any atom is 0.347 e. The van der Waals surface area contributed by atoms with Crippen LogP contribution in [0.5, 0.6) is 11.5 Å². The van der Waals surface area contributed by atoms with E-state index in [1.807, 2.05) is 36.4 Å². The van der Waals surface area contributed by atoms with Gasteiger partial charge in [0.15, 0.2) is 0 Å². The van der Waals surface area contributed by atoms with Gasteiger partial charge in [-0.25, -0.2) is 9.18 Å². The minimum atomic E-state index is -0.454. The van der Waals surface area contributed by atoms with Crippen LogP contribution in [0.15, 0.2) is 72.8 Å². The van der Waals surface area contributed by atoms with Gasteiger partial charge in [-0.3, -0.25) is 0 Å². The normalized spacial score (nSPS) is 10.9. The predicted molar refractivity (Wildman–Crippen MR) is 159 cm³/mol. The minimum absolute atomic E-state index is 0.284. The molecule has 0 unspecified atom stereocenters. The molecule has 0 bridgehead atoms. The lowest BCUT2D eigenvalue weighted by atomic mass is 10.0. The standard InChI is InChI=1S/C35H45FO3/c1-2-3-4-5-6-7-8-9-10-11-12-13-14-17-27-38-34-22-16-15-21-33(34)35(37)39-32-25-23-29(24-26-32)30-19-18-20-31(36)28-30/h15-16,18-26,28H,2-14,17,27H2,1H3. The third kappa shape index (κ3) is 11.6. The highest BCUT2D eigenvalue weighted by molar-refractivity contribution is 5.94. The number of benzene rings is 3. The van der Waals surface area contributed by atoms with Crippen LogP contribution in [0.3, 0.4) is 0 Å². The van der Waals surface area contributed by atoms with Gasteiger partial charge >= 0.3 is 5.97 Å². The Balaban J connectivity index is 1.31. The Kier molecular flexibility index (Phi) is 14.2. The van der Waals surface area contributed by atoms with Crippen LogP contribution in [0.1, 0.15) is 107 Å². The summed E-state index contributed by atoms with van der Waals surface area (Å²) in [6, 6.07) is 20.7. The maximum absolute atomic E-state index is 13.5. The predicted octanol–water partition coefficient (Wildman–Crippen LogP) is 10.6. The zero-order valence-electron chi connectivity index (χ0n) is 23.6. The van der Waals surface area contributed by atoms with Crippen LogP contribution >= 0.6 is 0 Å². The Morgan fingerprint density at radius 3 is 1.85 bits per heavy atom. The molecule has 39 heavy (non-hydrogen) atoms. The van der Waals surface area contributed by atoms with Gasteiger partial charge in [0.05, 0.1) is 6.61 Å². The monoisotopic (exact) mass is 532 g/mol. The van der Waals surface area contributed by atoms with Gasteiger partial charge in [-0.1, -0.05) is 127 Å². The second-order valence-electron chi connectivity index (χ2n) is 10.4. The summed E-state index contributed by atoms with van der Waals surface area (Å²) in [4.78, 5) is 12.8. The molecule has 0 aliphatic heterocycles. The third-order valence-electron chi connectivity index (χ3n) is 7.09. The molecule has 3 nitrogen and oxygen atoms in total. The second-order valence-corrected chi connectivity index (χ2v) is 10.4. The summed E-state index contributed by atoms with van der Waals surface area (Å²) < 4.78 is 25.1. The van der Waals surface area contributed by atoms with Crippen molar-refractivity contribution < 1.29 is 18.7 Å². The number of carbonyl (C=O) groups excluding carboxylic acids is 1. The molecule has 3 aromatic carbocycles. The van der Waals surface area contributed by atoms with Crippen molar-refractivity contribution in [1.82, 2.24) is 0 Å². The molecule has 4 heteroatoms. The second kappa shape index (κ2) is 18.2. The van der Waals surface area contributed by atoms with Crippen molar-refractivity contribution in [1.29, 1.82) is 0 Å². The molecule has 0 heterocycles. The molecule has 0 radical (unpaired) electrons. The molecule has 0 saturated heterocycles. The lowest BCUT2D eigenvalue weighted by Gasteiger charge is -2.11. The van der Waals surface area contributed by atoms with Gasteiger partial charge in [0.1, 0.15) is 22.9 Å². The summed E-state index contributed by atoms with van der Waals surface area (Å²) in [7, 11) is 0. The number of ether oxygens (including phenoxy) is 2. The first-order chi connectivity index (χ1) is 19.2. The molecule has 0 fully saturated rings. The van der Waals surface area contributed by atoms with E-state index in [0.29, 0.717) is 23.7 Å². The number of hydrogen-bond donors (Lipinski definition) is 0. The molecule has 0 saturated carbocycles. The largest absolute Gasteiger partial charge is 0.493 e. The highest BCUT2D eigenvalue weighted by Crippen LogP contribution is 2.25. The van der Waals surface area contributed by atoms with E-state index in [0.717, 1.165) is 24.0 Å². The van der Waals surface area contributed by atoms with Crippen molar-refractivity contribution in [2.75, 3.05) is 6.61 Å². The molecule has 210 valence electrons. The van der Waals surface area contributed by atoms with Gasteiger partial charge in [0.2, 0.25) is 0 Å². The molecule has 0 atom stereocenters. The zero-order valence-corrected chi connectivity index (χ0v) is 23.6. The third-order valence-corrected chi connectivity index (χ3v) is 7.09. The van der Waals surface area contributed by atoms with Crippen LogP contribution in [0.2, 0.25) is 0 Å². The SMILES string of the molecule is CCCCCCCCCCCCCCCCOc1ccccc1C(=O)Oc1ccc(-c2cccc(F)c2)cc1. The average molecular weight is 533 g/mol. The van der Waals surface area contributed by atoms with E-state index in [1.54, 1.807) is 24.3 Å². The van der Waals surface area contributed by atoms with Gasteiger partial charge in [-0.2, -0.15) is 0 Å². The van der Waals surface area contributed by atoms with Gasteiger partial charge in [0, 0.05) is 0 Å². The summed E-state index contributed by atoms with van der Waals surface area (Å²) in [6.07, 6.45) is 18.4. The molecule has 3 aromatic rings. The van der Waals surface area contributed by atoms with Crippen molar-refractivity contribution in [3.8, 4) is 22.6 Å². The van der Waals surface area contributed by atoms with E-state index in [9.17, 15) is 9.18 Å². The number of unbranched alkanes of at least 4 members (excludes halogenated alkanes) is 13. The number of esters is 1. The van der Waals surface area contributed by atoms with E-state index in [1.165, 1.54) is 89.2 Å². The Morgan fingerprint density at radius 2 is 1.23 bits per heavy atom. The van der Waals surface area contributed by atoms with Crippen molar-refractivity contribution in [2.45, 2.75) is 96.8 Å². The molecule has 0 amide bonds. The average Bonchev–Trinajstić information content (AvgIpc) is 2.95. The topological polar surface area (TPSA) is 35.5 Å². The van der Waals surface area contributed by atoms with E-state index in [2.05, 4.69) is 6.92 Å². The number of para-hydroxylation sites is 1. The number of hydrogen-bond acceptors (Lipinski definition) is 3.